The molecule has 0 spiro atoms. The minimum absolute atomic E-state index is 0.171. The molecule has 1 atom stereocenters. The van der Waals surface area contributed by atoms with Gasteiger partial charge in [-0.15, -0.1) is 0 Å². The Hall–Kier alpha value is -2.70. The van der Waals surface area contributed by atoms with Crippen LogP contribution in [0.5, 0.6) is 5.75 Å². The molecule has 2 rings (SSSR count). The topological polar surface area (TPSA) is 140 Å². The highest BCUT2D eigenvalue weighted by atomic mass is 32.2. The van der Waals surface area contributed by atoms with E-state index in [2.05, 4.69) is 5.16 Å². The Morgan fingerprint density at radius 2 is 1.66 bits per heavy atom. The van der Waals surface area contributed by atoms with Crippen LogP contribution >= 0.6 is 0 Å². The van der Waals surface area contributed by atoms with Gasteiger partial charge in [0.1, 0.15) is 23.1 Å². The number of nitrogens with zero attached hydrogens (tertiary/aromatic N) is 1. The lowest BCUT2D eigenvalue weighted by molar-refractivity contribution is 0.295. The summed E-state index contributed by atoms with van der Waals surface area (Å²) in [6.07, 6.45) is 0. The van der Waals surface area contributed by atoms with E-state index in [1.807, 2.05) is 0 Å². The molecule has 0 aliphatic rings. The highest BCUT2D eigenvalue weighted by Gasteiger charge is 2.28. The van der Waals surface area contributed by atoms with E-state index in [1.54, 1.807) is 0 Å². The first-order valence-corrected chi connectivity index (χ1v) is 11.0. The zero-order valence-electron chi connectivity index (χ0n) is 15.1. The van der Waals surface area contributed by atoms with Gasteiger partial charge in [0, 0.05) is 0 Å². The zero-order chi connectivity index (χ0) is 21.7. The quantitative estimate of drug-likeness (QED) is 0.157. The molecule has 0 fully saturated rings. The first-order chi connectivity index (χ1) is 13.6. The summed E-state index contributed by atoms with van der Waals surface area (Å²) in [6, 6.07) is 10.4. The molecule has 2 N–H and O–H groups in total. The van der Waals surface area contributed by atoms with E-state index in [0.29, 0.717) is 5.75 Å². The summed E-state index contributed by atoms with van der Waals surface area (Å²) in [5.74, 6) is -2.40. The standard InChI is InChI=1S/C17H18FNO8S2/c1-26-14-6-8-15(9-7-14)29(24,25)27-17(19-20)16(10-18)13-4-2-12(3-5-13)11-28(21,22)23/h2-9,16,20H,10-11H2,1H3,(H,21,22,23). The van der Waals surface area contributed by atoms with Gasteiger partial charge in [-0.3, -0.25) is 4.55 Å². The molecule has 1 unspecified atom stereocenters. The zero-order valence-corrected chi connectivity index (χ0v) is 16.7. The highest BCUT2D eigenvalue weighted by Crippen LogP contribution is 2.24. The largest absolute Gasteiger partial charge is 0.497 e. The van der Waals surface area contributed by atoms with Gasteiger partial charge in [0.2, 0.25) is 0 Å². The van der Waals surface area contributed by atoms with Gasteiger partial charge >= 0.3 is 10.1 Å². The smallest absolute Gasteiger partial charge is 0.340 e. The average Bonchev–Trinajstić information content (AvgIpc) is 2.67. The minimum Gasteiger partial charge on any atom is -0.497 e. The van der Waals surface area contributed by atoms with Crippen LogP contribution in [0, 0.1) is 0 Å². The van der Waals surface area contributed by atoms with Crippen molar-refractivity contribution < 1.29 is 39.9 Å². The number of halogens is 1. The summed E-state index contributed by atoms with van der Waals surface area (Å²) in [5, 5.41) is 12.0. The molecule has 0 aromatic heterocycles. The van der Waals surface area contributed by atoms with Crippen molar-refractivity contribution in [2.75, 3.05) is 13.8 Å². The van der Waals surface area contributed by atoms with Crippen molar-refractivity contribution in [2.24, 2.45) is 5.16 Å². The fourth-order valence-corrected chi connectivity index (χ4v) is 3.96. The van der Waals surface area contributed by atoms with E-state index in [4.69, 9.17) is 13.5 Å². The van der Waals surface area contributed by atoms with Gasteiger partial charge in [-0.05, 0) is 35.4 Å². The second-order valence-corrected chi connectivity index (χ2v) is 8.82. The van der Waals surface area contributed by atoms with Gasteiger partial charge in [0.25, 0.3) is 16.0 Å². The lowest BCUT2D eigenvalue weighted by Gasteiger charge is -2.16. The first-order valence-electron chi connectivity index (χ1n) is 8.00. The van der Waals surface area contributed by atoms with E-state index in [-0.39, 0.29) is 16.0 Å². The molecule has 0 bridgehead atoms. The van der Waals surface area contributed by atoms with Crippen molar-refractivity contribution in [1.29, 1.82) is 0 Å². The molecule has 9 nitrogen and oxygen atoms in total. The molecular formula is C17H18FNO8S2. The van der Waals surface area contributed by atoms with E-state index < -0.39 is 44.5 Å². The Kier molecular flexibility index (Phi) is 7.16. The molecule has 0 amide bonds. The van der Waals surface area contributed by atoms with Crippen LogP contribution in [0.4, 0.5) is 4.39 Å². The van der Waals surface area contributed by atoms with Crippen LogP contribution in [-0.2, 0) is 30.2 Å². The third kappa shape index (κ3) is 6.14. The minimum atomic E-state index is -4.42. The summed E-state index contributed by atoms with van der Waals surface area (Å²) < 4.78 is 78.8. The second kappa shape index (κ2) is 9.20. The summed E-state index contributed by atoms with van der Waals surface area (Å²) >= 11 is 0. The predicted molar refractivity (Wildman–Crippen MR) is 101 cm³/mol. The molecule has 12 heteroatoms. The summed E-state index contributed by atoms with van der Waals surface area (Å²) in [4.78, 5) is -0.263. The molecule has 0 aliphatic heterocycles. The van der Waals surface area contributed by atoms with Crippen molar-refractivity contribution >= 4 is 26.1 Å². The third-order valence-corrected chi connectivity index (χ3v) is 5.76. The van der Waals surface area contributed by atoms with E-state index in [0.717, 1.165) is 0 Å². The van der Waals surface area contributed by atoms with E-state index >= 15 is 0 Å². The van der Waals surface area contributed by atoms with Crippen molar-refractivity contribution in [2.45, 2.75) is 16.6 Å². The summed E-state index contributed by atoms with van der Waals surface area (Å²) in [6.45, 7) is -1.16. The Labute approximate surface area is 167 Å². The van der Waals surface area contributed by atoms with Gasteiger partial charge < -0.3 is 14.1 Å². The number of hydrogen-bond acceptors (Lipinski definition) is 8. The highest BCUT2D eigenvalue weighted by molar-refractivity contribution is 7.87. The fraction of sp³-hybridized carbons (Fsp3) is 0.235. The molecule has 29 heavy (non-hydrogen) atoms. The molecule has 158 valence electrons. The number of ether oxygens (including phenoxy) is 1. The summed E-state index contributed by atoms with van der Waals surface area (Å²) in [7, 11) is -7.26. The van der Waals surface area contributed by atoms with Crippen LogP contribution in [0.3, 0.4) is 0 Å². The van der Waals surface area contributed by atoms with Crippen molar-refractivity contribution in [3.8, 4) is 5.75 Å². The summed E-state index contributed by atoms with van der Waals surface area (Å²) in [5.41, 5.74) is 0.396. The van der Waals surface area contributed by atoms with Crippen molar-refractivity contribution in [3.05, 3.63) is 59.7 Å². The predicted octanol–water partition coefficient (Wildman–Crippen LogP) is 2.33. The maximum Gasteiger partial charge on any atom is 0.340 e. The van der Waals surface area contributed by atoms with Gasteiger partial charge in [0.15, 0.2) is 0 Å². The lowest BCUT2D eigenvalue weighted by atomic mass is 9.99. The van der Waals surface area contributed by atoms with Crippen LogP contribution in [0.15, 0.2) is 58.6 Å². The van der Waals surface area contributed by atoms with Gasteiger partial charge in [0.05, 0.1) is 13.0 Å². The van der Waals surface area contributed by atoms with Crippen molar-refractivity contribution in [1.82, 2.24) is 0 Å². The number of alkyl halides is 1. The number of benzene rings is 2. The molecular weight excluding hydrogens is 429 g/mol. The van der Waals surface area contributed by atoms with Gasteiger partial charge in [-0.25, -0.2) is 4.39 Å². The number of hydrogen-bond donors (Lipinski definition) is 2. The van der Waals surface area contributed by atoms with Crippen LogP contribution in [-0.4, -0.2) is 46.3 Å². The Bertz CT molecular complexity index is 1070. The molecule has 2 aromatic rings. The molecule has 2 aromatic carbocycles. The lowest BCUT2D eigenvalue weighted by Crippen LogP contribution is -2.22. The molecule has 0 aliphatic carbocycles. The van der Waals surface area contributed by atoms with E-state index in [9.17, 15) is 26.4 Å². The Morgan fingerprint density at radius 1 is 1.07 bits per heavy atom. The monoisotopic (exact) mass is 447 g/mol. The van der Waals surface area contributed by atoms with Gasteiger partial charge in [-0.2, -0.15) is 16.8 Å². The number of rotatable bonds is 8. The van der Waals surface area contributed by atoms with Crippen LogP contribution < -0.4 is 4.74 Å². The third-order valence-electron chi connectivity index (χ3n) is 3.83. The molecule has 0 heterocycles. The van der Waals surface area contributed by atoms with Crippen molar-refractivity contribution in [3.63, 3.8) is 0 Å². The SMILES string of the molecule is COc1ccc(S(=O)(=O)OC(=NO)C(CF)c2ccc(CS(=O)(=O)O)cc2)cc1. The maximum absolute atomic E-state index is 13.6. The average molecular weight is 447 g/mol. The maximum atomic E-state index is 13.6. The van der Waals surface area contributed by atoms with Crippen LogP contribution in [0.2, 0.25) is 0 Å². The number of methoxy groups -OCH3 is 1. The second-order valence-electron chi connectivity index (χ2n) is 5.83. The van der Waals surface area contributed by atoms with E-state index in [1.165, 1.54) is 55.6 Å². The number of oxime groups is 1. The van der Waals surface area contributed by atoms with Crippen LogP contribution in [0.25, 0.3) is 0 Å². The molecule has 0 radical (unpaired) electrons. The first kappa shape index (κ1) is 22.6. The Morgan fingerprint density at radius 3 is 2.10 bits per heavy atom. The fourth-order valence-electron chi connectivity index (χ4n) is 2.40. The molecule has 0 saturated heterocycles. The normalized spacial score (nSPS) is 13.7. The van der Waals surface area contributed by atoms with Gasteiger partial charge in [-0.1, -0.05) is 29.4 Å². The van der Waals surface area contributed by atoms with Crippen LogP contribution in [0.1, 0.15) is 17.0 Å². The molecule has 0 saturated carbocycles. The Balaban J connectivity index is 2.26.